The van der Waals surface area contributed by atoms with Gasteiger partial charge in [-0.1, -0.05) is 30.3 Å². The molecule has 0 atom stereocenters. The molecule has 0 spiro atoms. The van der Waals surface area contributed by atoms with E-state index in [1.165, 1.54) is 51.8 Å². The van der Waals surface area contributed by atoms with Crippen molar-refractivity contribution >= 4 is 21.5 Å². The SMILES string of the molecule is CCN(c1ccccc1)S(=O)(=O)c1ccc(-n2cc(C(=O)c3ccccc3O)cn2)nc1. The molecular formula is C23H20N4O4S. The predicted octanol–water partition coefficient (Wildman–Crippen LogP) is 3.42. The van der Waals surface area contributed by atoms with Gasteiger partial charge in [-0.25, -0.2) is 18.1 Å². The van der Waals surface area contributed by atoms with Crippen molar-refractivity contribution in [3.63, 3.8) is 0 Å². The molecule has 4 rings (SSSR count). The number of rotatable bonds is 7. The third-order valence-corrected chi connectivity index (χ3v) is 6.75. The van der Waals surface area contributed by atoms with Gasteiger partial charge in [-0.05, 0) is 43.3 Å². The molecule has 0 saturated carbocycles. The van der Waals surface area contributed by atoms with Gasteiger partial charge in [0.2, 0.25) is 0 Å². The molecule has 0 aliphatic carbocycles. The van der Waals surface area contributed by atoms with E-state index >= 15 is 0 Å². The van der Waals surface area contributed by atoms with Crippen molar-refractivity contribution in [3.05, 3.63) is 96.4 Å². The Morgan fingerprint density at radius 1 is 1.00 bits per heavy atom. The number of hydrogen-bond acceptors (Lipinski definition) is 6. The molecule has 32 heavy (non-hydrogen) atoms. The van der Waals surface area contributed by atoms with Gasteiger partial charge in [-0.15, -0.1) is 0 Å². The number of benzene rings is 2. The fourth-order valence-electron chi connectivity index (χ4n) is 3.26. The van der Waals surface area contributed by atoms with Gasteiger partial charge in [0.05, 0.1) is 23.0 Å². The van der Waals surface area contributed by atoms with Crippen molar-refractivity contribution in [2.24, 2.45) is 0 Å². The van der Waals surface area contributed by atoms with Gasteiger partial charge in [-0.2, -0.15) is 5.10 Å². The largest absolute Gasteiger partial charge is 0.507 e. The number of carbonyl (C=O) groups is 1. The van der Waals surface area contributed by atoms with E-state index in [0.717, 1.165) is 0 Å². The lowest BCUT2D eigenvalue weighted by molar-refractivity contribution is 0.103. The number of anilines is 1. The second kappa shape index (κ2) is 8.64. The van der Waals surface area contributed by atoms with E-state index in [4.69, 9.17) is 0 Å². The van der Waals surface area contributed by atoms with Crippen molar-refractivity contribution in [2.45, 2.75) is 11.8 Å². The number of phenols is 1. The summed E-state index contributed by atoms with van der Waals surface area (Å²) in [5, 5.41) is 14.0. The van der Waals surface area contributed by atoms with Gasteiger partial charge in [0.25, 0.3) is 10.0 Å². The summed E-state index contributed by atoms with van der Waals surface area (Å²) in [6.45, 7) is 2.03. The monoisotopic (exact) mass is 448 g/mol. The van der Waals surface area contributed by atoms with Crippen LogP contribution in [0.4, 0.5) is 5.69 Å². The van der Waals surface area contributed by atoms with Crippen LogP contribution in [0.15, 0.2) is 90.2 Å². The van der Waals surface area contributed by atoms with Crippen molar-refractivity contribution in [3.8, 4) is 11.6 Å². The number of sulfonamides is 1. The summed E-state index contributed by atoms with van der Waals surface area (Å²) in [5.74, 6) is -0.144. The quantitative estimate of drug-likeness (QED) is 0.434. The van der Waals surface area contributed by atoms with Gasteiger partial charge in [0.1, 0.15) is 10.6 Å². The Balaban J connectivity index is 1.59. The van der Waals surface area contributed by atoms with Gasteiger partial charge in [0, 0.05) is 18.9 Å². The van der Waals surface area contributed by atoms with Crippen LogP contribution in [-0.2, 0) is 10.0 Å². The van der Waals surface area contributed by atoms with E-state index in [-0.39, 0.29) is 34.1 Å². The highest BCUT2D eigenvalue weighted by Crippen LogP contribution is 2.24. The van der Waals surface area contributed by atoms with Gasteiger partial charge in [0.15, 0.2) is 11.6 Å². The molecule has 2 heterocycles. The Morgan fingerprint density at radius 3 is 2.38 bits per heavy atom. The molecular weight excluding hydrogens is 428 g/mol. The first-order valence-electron chi connectivity index (χ1n) is 9.83. The molecule has 2 aromatic heterocycles. The molecule has 0 aliphatic rings. The van der Waals surface area contributed by atoms with Gasteiger partial charge in [-0.3, -0.25) is 9.10 Å². The molecule has 162 valence electrons. The number of aromatic nitrogens is 3. The standard InChI is InChI=1S/C23H20N4O4S/c1-2-27(18-8-4-3-5-9-18)32(30,31)19-12-13-22(24-15-19)26-16-17(14-25-26)23(29)20-10-6-7-11-21(20)28/h3-16,28H,2H2,1H3. The van der Waals surface area contributed by atoms with Crippen LogP contribution < -0.4 is 4.31 Å². The lowest BCUT2D eigenvalue weighted by atomic mass is 10.1. The maximum absolute atomic E-state index is 13.1. The minimum absolute atomic E-state index is 0.0459. The first-order chi connectivity index (χ1) is 15.4. The number of ketones is 1. The summed E-state index contributed by atoms with van der Waals surface area (Å²) in [6, 6.07) is 18.1. The molecule has 2 aromatic carbocycles. The Hall–Kier alpha value is -3.98. The second-order valence-electron chi connectivity index (χ2n) is 6.88. The zero-order chi connectivity index (χ0) is 22.7. The van der Waals surface area contributed by atoms with Crippen LogP contribution in [0.2, 0.25) is 0 Å². The van der Waals surface area contributed by atoms with E-state index in [9.17, 15) is 18.3 Å². The molecule has 0 saturated heterocycles. The summed E-state index contributed by atoms with van der Waals surface area (Å²) in [4.78, 5) is 16.9. The average molecular weight is 449 g/mol. The van der Waals surface area contributed by atoms with Crippen molar-refractivity contribution in [2.75, 3.05) is 10.8 Å². The number of pyridine rings is 1. The van der Waals surface area contributed by atoms with Crippen LogP contribution in [0.5, 0.6) is 5.75 Å². The first-order valence-corrected chi connectivity index (χ1v) is 11.3. The van der Waals surface area contributed by atoms with E-state index < -0.39 is 10.0 Å². The van der Waals surface area contributed by atoms with Crippen LogP contribution in [0, 0.1) is 0 Å². The maximum Gasteiger partial charge on any atom is 0.265 e. The molecule has 0 radical (unpaired) electrons. The minimum atomic E-state index is -3.79. The Morgan fingerprint density at radius 2 is 1.72 bits per heavy atom. The lowest BCUT2D eigenvalue weighted by Crippen LogP contribution is -2.30. The third kappa shape index (κ3) is 3.97. The van der Waals surface area contributed by atoms with Crippen molar-refractivity contribution in [1.82, 2.24) is 14.8 Å². The molecule has 8 nitrogen and oxygen atoms in total. The summed E-state index contributed by atoms with van der Waals surface area (Å²) < 4.78 is 28.9. The predicted molar refractivity (Wildman–Crippen MR) is 120 cm³/mol. The molecule has 0 bridgehead atoms. The van der Waals surface area contributed by atoms with Crippen LogP contribution in [0.25, 0.3) is 5.82 Å². The number of phenolic OH excluding ortho intramolecular Hbond substituents is 1. The first kappa shape index (κ1) is 21.3. The highest BCUT2D eigenvalue weighted by atomic mass is 32.2. The molecule has 9 heteroatoms. The van der Waals surface area contributed by atoms with Crippen molar-refractivity contribution in [1.29, 1.82) is 0 Å². The Labute approximate surface area is 185 Å². The number of nitrogens with zero attached hydrogens (tertiary/aromatic N) is 4. The maximum atomic E-state index is 13.1. The van der Waals surface area contributed by atoms with Crippen LogP contribution in [0.1, 0.15) is 22.8 Å². The Kier molecular flexibility index (Phi) is 5.74. The summed E-state index contributed by atoms with van der Waals surface area (Å²) in [5.41, 5.74) is 1.01. The molecule has 0 amide bonds. The van der Waals surface area contributed by atoms with Gasteiger partial charge >= 0.3 is 0 Å². The number of hydrogen-bond donors (Lipinski definition) is 1. The fraction of sp³-hybridized carbons (Fsp3) is 0.0870. The Bertz CT molecular complexity index is 1350. The molecule has 1 N–H and O–H groups in total. The highest BCUT2D eigenvalue weighted by Gasteiger charge is 2.24. The van der Waals surface area contributed by atoms with Crippen molar-refractivity contribution < 1.29 is 18.3 Å². The fourth-order valence-corrected chi connectivity index (χ4v) is 4.68. The van der Waals surface area contributed by atoms with E-state index in [2.05, 4.69) is 10.1 Å². The highest BCUT2D eigenvalue weighted by molar-refractivity contribution is 7.92. The summed E-state index contributed by atoms with van der Waals surface area (Å²) >= 11 is 0. The molecule has 0 fully saturated rings. The van der Waals surface area contributed by atoms with Crippen LogP contribution in [0.3, 0.4) is 0 Å². The average Bonchev–Trinajstić information content (AvgIpc) is 3.30. The van der Waals surface area contributed by atoms with E-state index in [1.807, 2.05) is 6.07 Å². The molecule has 0 unspecified atom stereocenters. The number of para-hydroxylation sites is 2. The minimum Gasteiger partial charge on any atom is -0.507 e. The van der Waals surface area contributed by atoms with E-state index in [1.54, 1.807) is 43.3 Å². The molecule has 0 aliphatic heterocycles. The zero-order valence-electron chi connectivity index (χ0n) is 17.2. The third-order valence-electron chi connectivity index (χ3n) is 4.87. The lowest BCUT2D eigenvalue weighted by Gasteiger charge is -2.22. The number of aromatic hydroxyl groups is 1. The smallest absolute Gasteiger partial charge is 0.265 e. The summed E-state index contributed by atoms with van der Waals surface area (Å²) in [7, 11) is -3.79. The van der Waals surface area contributed by atoms with Crippen LogP contribution in [-0.4, -0.2) is 40.6 Å². The summed E-state index contributed by atoms with van der Waals surface area (Å²) in [6.07, 6.45) is 4.12. The van der Waals surface area contributed by atoms with Crippen LogP contribution >= 0.6 is 0 Å². The second-order valence-corrected chi connectivity index (χ2v) is 8.74. The molecule has 4 aromatic rings. The van der Waals surface area contributed by atoms with E-state index in [0.29, 0.717) is 11.5 Å². The normalized spacial score (nSPS) is 11.3. The zero-order valence-corrected chi connectivity index (χ0v) is 18.0. The van der Waals surface area contributed by atoms with Gasteiger partial charge < -0.3 is 5.11 Å². The number of carbonyl (C=O) groups excluding carboxylic acids is 1. The topological polar surface area (TPSA) is 105 Å².